The molecule has 3 rings (SSSR count). The van der Waals surface area contributed by atoms with E-state index in [0.717, 1.165) is 5.69 Å². The van der Waals surface area contributed by atoms with Crippen molar-refractivity contribution >= 4 is 23.2 Å². The number of carbonyl (C=O) groups excluding carboxylic acids is 2. The molecule has 136 valence electrons. The van der Waals surface area contributed by atoms with Crippen LogP contribution in [0.4, 0.5) is 11.4 Å². The van der Waals surface area contributed by atoms with Crippen LogP contribution in [0.3, 0.4) is 0 Å². The molecular formula is C21H19N3O3. The Hall–Kier alpha value is -3.67. The summed E-state index contributed by atoms with van der Waals surface area (Å²) in [7, 11) is 3.23. The molecule has 1 N–H and O–H groups in total. The van der Waals surface area contributed by atoms with Gasteiger partial charge in [0, 0.05) is 24.5 Å². The zero-order chi connectivity index (χ0) is 19.2. The van der Waals surface area contributed by atoms with Crippen LogP contribution in [0, 0.1) is 0 Å². The maximum Gasteiger partial charge on any atom is 0.276 e. The molecular weight excluding hydrogens is 342 g/mol. The number of nitrogens with zero attached hydrogens (tertiary/aromatic N) is 2. The Morgan fingerprint density at radius 2 is 1.63 bits per heavy atom. The fourth-order valence-corrected chi connectivity index (χ4v) is 2.52. The first-order valence-electron chi connectivity index (χ1n) is 8.34. The lowest BCUT2D eigenvalue weighted by Gasteiger charge is -2.17. The van der Waals surface area contributed by atoms with Crippen LogP contribution in [0.15, 0.2) is 72.8 Å². The minimum atomic E-state index is -0.403. The summed E-state index contributed by atoms with van der Waals surface area (Å²) in [5.41, 5.74) is 1.68. The highest BCUT2D eigenvalue weighted by Gasteiger charge is 2.17. The van der Waals surface area contributed by atoms with Crippen LogP contribution in [0.2, 0.25) is 0 Å². The van der Waals surface area contributed by atoms with Crippen LogP contribution >= 0.6 is 0 Å². The first kappa shape index (κ1) is 18.1. The zero-order valence-corrected chi connectivity index (χ0v) is 15.0. The van der Waals surface area contributed by atoms with Gasteiger partial charge in [0.05, 0.1) is 7.11 Å². The van der Waals surface area contributed by atoms with Crippen molar-refractivity contribution < 1.29 is 14.3 Å². The van der Waals surface area contributed by atoms with Crippen molar-refractivity contribution in [3.05, 3.63) is 84.2 Å². The Kier molecular flexibility index (Phi) is 5.47. The SMILES string of the molecule is COc1cccc(NC(=O)c2cccc(C(=O)N(C)c3ccccc3)n2)c1. The molecule has 6 nitrogen and oxygen atoms in total. The van der Waals surface area contributed by atoms with Crippen LogP contribution in [-0.2, 0) is 0 Å². The topological polar surface area (TPSA) is 71.5 Å². The van der Waals surface area contributed by atoms with Gasteiger partial charge in [-0.2, -0.15) is 0 Å². The second-order valence-electron chi connectivity index (χ2n) is 5.79. The van der Waals surface area contributed by atoms with Crippen molar-refractivity contribution in [2.45, 2.75) is 0 Å². The maximum atomic E-state index is 12.7. The summed E-state index contributed by atoms with van der Waals surface area (Å²) in [5, 5.41) is 2.75. The van der Waals surface area contributed by atoms with Crippen LogP contribution in [0.1, 0.15) is 21.0 Å². The Labute approximate surface area is 157 Å². The van der Waals surface area contributed by atoms with E-state index >= 15 is 0 Å². The van der Waals surface area contributed by atoms with E-state index in [1.807, 2.05) is 30.3 Å². The number of anilines is 2. The van der Waals surface area contributed by atoms with Crippen LogP contribution in [0.5, 0.6) is 5.75 Å². The fraction of sp³-hybridized carbons (Fsp3) is 0.0952. The predicted molar refractivity (Wildman–Crippen MR) is 104 cm³/mol. The summed E-state index contributed by atoms with van der Waals surface area (Å²) in [6, 6.07) is 21.0. The average molecular weight is 361 g/mol. The molecule has 27 heavy (non-hydrogen) atoms. The van der Waals surface area contributed by atoms with Gasteiger partial charge in [0.15, 0.2) is 0 Å². The smallest absolute Gasteiger partial charge is 0.276 e. The number of carbonyl (C=O) groups is 2. The molecule has 1 heterocycles. The number of para-hydroxylation sites is 1. The number of benzene rings is 2. The summed E-state index contributed by atoms with van der Waals surface area (Å²) in [6.07, 6.45) is 0. The third-order valence-electron chi connectivity index (χ3n) is 3.98. The number of ether oxygens (including phenoxy) is 1. The summed E-state index contributed by atoms with van der Waals surface area (Å²) < 4.78 is 5.14. The molecule has 2 amide bonds. The first-order valence-corrected chi connectivity index (χ1v) is 8.34. The molecule has 1 aromatic heterocycles. The van der Waals surface area contributed by atoms with Crippen molar-refractivity contribution in [3.8, 4) is 5.75 Å². The molecule has 2 aromatic carbocycles. The second-order valence-corrected chi connectivity index (χ2v) is 5.79. The van der Waals surface area contributed by atoms with E-state index < -0.39 is 5.91 Å². The highest BCUT2D eigenvalue weighted by Crippen LogP contribution is 2.18. The highest BCUT2D eigenvalue weighted by molar-refractivity contribution is 6.07. The van der Waals surface area contributed by atoms with Crippen molar-refractivity contribution in [1.82, 2.24) is 4.98 Å². The summed E-state index contributed by atoms with van der Waals surface area (Å²) in [4.78, 5) is 30.9. The maximum absolute atomic E-state index is 12.7. The van der Waals surface area contributed by atoms with E-state index in [1.54, 1.807) is 56.6 Å². The number of aromatic nitrogens is 1. The van der Waals surface area contributed by atoms with Gasteiger partial charge >= 0.3 is 0 Å². The third-order valence-corrected chi connectivity index (χ3v) is 3.98. The van der Waals surface area contributed by atoms with Gasteiger partial charge in [-0.1, -0.05) is 30.3 Å². The number of methoxy groups -OCH3 is 1. The third kappa shape index (κ3) is 4.30. The van der Waals surface area contributed by atoms with Gasteiger partial charge in [-0.15, -0.1) is 0 Å². The van der Waals surface area contributed by atoms with E-state index in [4.69, 9.17) is 4.74 Å². The minimum Gasteiger partial charge on any atom is -0.497 e. The van der Waals surface area contributed by atoms with E-state index in [1.165, 1.54) is 4.90 Å². The van der Waals surface area contributed by atoms with Crippen LogP contribution < -0.4 is 15.0 Å². The first-order chi connectivity index (χ1) is 13.1. The fourth-order valence-electron chi connectivity index (χ4n) is 2.52. The van der Waals surface area contributed by atoms with E-state index in [9.17, 15) is 9.59 Å². The quantitative estimate of drug-likeness (QED) is 0.753. The zero-order valence-electron chi connectivity index (χ0n) is 15.0. The van der Waals surface area contributed by atoms with Crippen LogP contribution in [0.25, 0.3) is 0 Å². The number of hydrogen-bond donors (Lipinski definition) is 1. The van der Waals surface area contributed by atoms with Gasteiger partial charge in [0.1, 0.15) is 17.1 Å². The summed E-state index contributed by atoms with van der Waals surface area (Å²) >= 11 is 0. The number of pyridine rings is 1. The Bertz CT molecular complexity index is 958. The molecule has 0 atom stereocenters. The molecule has 0 aliphatic heterocycles. The van der Waals surface area contributed by atoms with Gasteiger partial charge in [0.2, 0.25) is 0 Å². The molecule has 0 saturated heterocycles. The second kappa shape index (κ2) is 8.14. The Balaban J connectivity index is 1.78. The monoisotopic (exact) mass is 361 g/mol. The number of amides is 2. The van der Waals surface area contributed by atoms with Crippen molar-refractivity contribution in [2.75, 3.05) is 24.4 Å². The molecule has 6 heteroatoms. The van der Waals surface area contributed by atoms with Gasteiger partial charge in [-0.05, 0) is 36.4 Å². The lowest BCUT2D eigenvalue weighted by Crippen LogP contribution is -2.27. The van der Waals surface area contributed by atoms with Gasteiger partial charge in [0.25, 0.3) is 11.8 Å². The predicted octanol–water partition coefficient (Wildman–Crippen LogP) is 3.62. The largest absolute Gasteiger partial charge is 0.497 e. The molecule has 3 aromatic rings. The molecule has 0 aliphatic rings. The molecule has 0 bridgehead atoms. The molecule has 0 spiro atoms. The van der Waals surface area contributed by atoms with Crippen LogP contribution in [-0.4, -0.2) is 31.0 Å². The minimum absolute atomic E-state index is 0.158. The van der Waals surface area contributed by atoms with Gasteiger partial charge in [-0.25, -0.2) is 4.98 Å². The Morgan fingerprint density at radius 1 is 0.926 bits per heavy atom. The normalized spacial score (nSPS) is 10.1. The van der Waals surface area contributed by atoms with Crippen molar-refractivity contribution in [3.63, 3.8) is 0 Å². The van der Waals surface area contributed by atoms with Crippen molar-refractivity contribution in [1.29, 1.82) is 0 Å². The lowest BCUT2D eigenvalue weighted by atomic mass is 10.2. The average Bonchev–Trinajstić information content (AvgIpc) is 2.73. The Morgan fingerprint density at radius 3 is 2.37 bits per heavy atom. The van der Waals surface area contributed by atoms with Gasteiger partial charge in [-0.3, -0.25) is 9.59 Å². The number of nitrogens with one attached hydrogen (secondary N) is 1. The standard InChI is InChI=1S/C21H19N3O3/c1-24(16-9-4-3-5-10-16)21(26)19-13-7-12-18(23-19)20(25)22-15-8-6-11-17(14-15)27-2/h3-14H,1-2H3,(H,22,25). The summed E-state index contributed by atoms with van der Waals surface area (Å²) in [6.45, 7) is 0. The lowest BCUT2D eigenvalue weighted by molar-refractivity contribution is 0.0988. The van der Waals surface area contributed by atoms with E-state index in [0.29, 0.717) is 11.4 Å². The van der Waals surface area contributed by atoms with E-state index in [2.05, 4.69) is 10.3 Å². The molecule has 0 fully saturated rings. The number of rotatable bonds is 5. The molecule has 0 unspecified atom stereocenters. The van der Waals surface area contributed by atoms with Crippen molar-refractivity contribution in [2.24, 2.45) is 0 Å². The molecule has 0 saturated carbocycles. The molecule has 0 radical (unpaired) electrons. The number of hydrogen-bond acceptors (Lipinski definition) is 4. The van der Waals surface area contributed by atoms with E-state index in [-0.39, 0.29) is 17.3 Å². The summed E-state index contributed by atoms with van der Waals surface area (Å²) in [5.74, 6) is -0.0633. The highest BCUT2D eigenvalue weighted by atomic mass is 16.5. The van der Waals surface area contributed by atoms with Gasteiger partial charge < -0.3 is 15.0 Å². The molecule has 0 aliphatic carbocycles.